The Labute approximate surface area is 320 Å². The lowest BCUT2D eigenvalue weighted by Crippen LogP contribution is -2.40. The van der Waals surface area contributed by atoms with Crippen LogP contribution in [0.4, 0.5) is 4.79 Å². The van der Waals surface area contributed by atoms with E-state index in [2.05, 4.69) is 49.5 Å². The van der Waals surface area contributed by atoms with Gasteiger partial charge in [0.05, 0.1) is 36.1 Å². The van der Waals surface area contributed by atoms with Crippen LogP contribution in [0.1, 0.15) is 139 Å². The van der Waals surface area contributed by atoms with Gasteiger partial charge in [0, 0.05) is 19.6 Å². The number of carbonyl (C=O) groups is 4. The Morgan fingerprint density at radius 3 is 1.77 bits per heavy atom. The number of hydrogen-bond acceptors (Lipinski definition) is 9. The van der Waals surface area contributed by atoms with E-state index in [0.717, 1.165) is 83.7 Å². The molecule has 10 nitrogen and oxygen atoms in total. The summed E-state index contributed by atoms with van der Waals surface area (Å²) in [6.07, 6.45) is 11.1. The van der Waals surface area contributed by atoms with Crippen molar-refractivity contribution in [2.24, 2.45) is 22.2 Å². The zero-order chi connectivity index (χ0) is 39.5. The quantitative estimate of drug-likeness (QED) is 0.147. The highest BCUT2D eigenvalue weighted by Gasteiger charge is 2.48. The Morgan fingerprint density at radius 2 is 1.26 bits per heavy atom. The van der Waals surface area contributed by atoms with E-state index in [-0.39, 0.29) is 34.8 Å². The first-order chi connectivity index (χ1) is 25.2. The number of likely N-dealkylation sites (tertiary alicyclic amines) is 1. The third-order valence-electron chi connectivity index (χ3n) is 10.6. The van der Waals surface area contributed by atoms with Gasteiger partial charge in [0.1, 0.15) is 5.60 Å². The third kappa shape index (κ3) is 13.9. The lowest BCUT2D eigenvalue weighted by molar-refractivity contribution is -0.156. The predicted molar refractivity (Wildman–Crippen MR) is 209 cm³/mol. The molecule has 1 aromatic carbocycles. The molecule has 1 N–H and O–H groups in total. The molecule has 10 heteroatoms. The Morgan fingerprint density at radius 1 is 0.736 bits per heavy atom. The zero-order valence-corrected chi connectivity index (χ0v) is 34.6. The number of carbonyl (C=O) groups excluding carboxylic acids is 4. The molecule has 3 aliphatic rings. The Kier molecular flexibility index (Phi) is 19.4. The van der Waals surface area contributed by atoms with Gasteiger partial charge in [0.2, 0.25) is 0 Å². The molecular weight excluding hydrogens is 672 g/mol. The molecule has 302 valence electrons. The monoisotopic (exact) mass is 745 g/mol. The topological polar surface area (TPSA) is 120 Å². The predicted octanol–water partition coefficient (Wildman–Crippen LogP) is 8.68. The van der Waals surface area contributed by atoms with Gasteiger partial charge in [0.15, 0.2) is 0 Å². The number of hydrogen-bond donors (Lipinski definition) is 1. The van der Waals surface area contributed by atoms with Crippen LogP contribution in [0.15, 0.2) is 30.3 Å². The molecule has 53 heavy (non-hydrogen) atoms. The fraction of sp³-hybridized carbons (Fsp3) is 0.767. The lowest BCUT2D eigenvalue weighted by Gasteiger charge is -2.28. The van der Waals surface area contributed by atoms with E-state index >= 15 is 0 Å². The van der Waals surface area contributed by atoms with Gasteiger partial charge < -0.3 is 29.2 Å². The lowest BCUT2D eigenvalue weighted by atomic mass is 9.80. The normalized spacial score (nSPS) is 25.0. The molecule has 3 fully saturated rings. The van der Waals surface area contributed by atoms with Crippen LogP contribution in [-0.4, -0.2) is 80.5 Å². The van der Waals surface area contributed by atoms with E-state index in [0.29, 0.717) is 45.2 Å². The molecule has 0 spiro atoms. The van der Waals surface area contributed by atoms with Crippen molar-refractivity contribution in [3.8, 4) is 0 Å². The molecule has 1 aromatic rings. The van der Waals surface area contributed by atoms with Gasteiger partial charge in [-0.1, -0.05) is 70.4 Å². The van der Waals surface area contributed by atoms with Crippen molar-refractivity contribution < 1.29 is 38.1 Å². The second-order valence-electron chi connectivity index (χ2n) is 16.1. The van der Waals surface area contributed by atoms with Crippen LogP contribution in [-0.2, 0) is 39.8 Å². The number of amides is 1. The Bertz CT molecular complexity index is 1260. The highest BCUT2D eigenvalue weighted by Crippen LogP contribution is 2.47. The standard InChI is InChI=1S/C18H26O2.C15H27NO4.C10H19NO2/c1-3-11-18(17(19)20-4-2)12-10-16(14-18)13-15-8-6-5-7-9-15;1-6-8-15(12(17)19-7-2)9-10-16(11-15)13(18)20-14(3,4)5;1-3-5-10(6-7-11-8-10)9(12)13-4-2/h5-9,16H,3-4,10-14H2,1-2H3;6-11H2,1-5H3;11H,3-8H2,1-2H3. The first-order valence-electron chi connectivity index (χ1n) is 20.4. The van der Waals surface area contributed by atoms with Crippen molar-refractivity contribution >= 4 is 24.0 Å². The number of esters is 3. The van der Waals surface area contributed by atoms with E-state index in [4.69, 9.17) is 18.9 Å². The highest BCUT2D eigenvalue weighted by molar-refractivity contribution is 5.80. The molecule has 4 unspecified atom stereocenters. The average Bonchev–Trinajstić information content (AvgIpc) is 3.87. The maximum Gasteiger partial charge on any atom is 0.410 e. The van der Waals surface area contributed by atoms with Gasteiger partial charge in [-0.2, -0.15) is 0 Å². The number of ether oxygens (including phenoxy) is 4. The van der Waals surface area contributed by atoms with Crippen molar-refractivity contribution in [1.29, 1.82) is 0 Å². The summed E-state index contributed by atoms with van der Waals surface area (Å²) >= 11 is 0. The van der Waals surface area contributed by atoms with Gasteiger partial charge >= 0.3 is 24.0 Å². The van der Waals surface area contributed by atoms with E-state index < -0.39 is 11.0 Å². The van der Waals surface area contributed by atoms with Crippen molar-refractivity contribution in [1.82, 2.24) is 10.2 Å². The fourth-order valence-electron chi connectivity index (χ4n) is 8.22. The maximum atomic E-state index is 12.3. The number of rotatable bonds is 14. The third-order valence-corrected chi connectivity index (χ3v) is 10.6. The maximum absolute atomic E-state index is 12.3. The molecule has 1 aliphatic carbocycles. The number of nitrogens with zero attached hydrogens (tertiary/aromatic N) is 1. The van der Waals surface area contributed by atoms with Crippen LogP contribution < -0.4 is 5.32 Å². The molecule has 2 aliphatic heterocycles. The molecule has 1 saturated carbocycles. The van der Waals surface area contributed by atoms with E-state index in [9.17, 15) is 19.2 Å². The zero-order valence-electron chi connectivity index (χ0n) is 34.6. The molecule has 4 atom stereocenters. The van der Waals surface area contributed by atoms with Gasteiger partial charge in [-0.3, -0.25) is 14.4 Å². The fourth-order valence-corrected chi connectivity index (χ4v) is 8.22. The van der Waals surface area contributed by atoms with E-state index in [1.165, 1.54) is 5.56 Å². The van der Waals surface area contributed by atoms with Crippen LogP contribution in [0.2, 0.25) is 0 Å². The van der Waals surface area contributed by atoms with Gasteiger partial charge in [-0.05, 0) is 117 Å². The molecule has 4 rings (SSSR count). The van der Waals surface area contributed by atoms with Gasteiger partial charge in [-0.15, -0.1) is 0 Å². The molecule has 2 saturated heterocycles. The summed E-state index contributed by atoms with van der Waals surface area (Å²) in [6, 6.07) is 10.6. The van der Waals surface area contributed by atoms with Crippen molar-refractivity contribution in [3.63, 3.8) is 0 Å². The minimum atomic E-state index is -0.554. The SMILES string of the molecule is CCCC1(C(=O)OCC)CCC(Cc2ccccc2)C1.CCCC1(C(=O)OCC)CCN(C(=O)OC(C)(C)C)C1.CCCC1(C(=O)OCC)CCNC1. The minimum Gasteiger partial charge on any atom is -0.466 e. The van der Waals surface area contributed by atoms with Crippen LogP contribution >= 0.6 is 0 Å². The Balaban J connectivity index is 0.000000282. The van der Waals surface area contributed by atoms with Crippen LogP contribution in [0, 0.1) is 22.2 Å². The summed E-state index contributed by atoms with van der Waals surface area (Å²) in [7, 11) is 0. The van der Waals surface area contributed by atoms with Crippen LogP contribution in [0.25, 0.3) is 0 Å². The summed E-state index contributed by atoms with van der Waals surface area (Å²) in [5, 5.41) is 3.24. The Hall–Kier alpha value is -3.14. The molecule has 0 aromatic heterocycles. The second-order valence-corrected chi connectivity index (χ2v) is 16.1. The van der Waals surface area contributed by atoms with Crippen molar-refractivity contribution in [3.05, 3.63) is 35.9 Å². The van der Waals surface area contributed by atoms with Gasteiger partial charge in [0.25, 0.3) is 0 Å². The molecular formula is C43H72N2O8. The second kappa shape index (κ2) is 22.3. The number of nitrogens with one attached hydrogen (secondary N) is 1. The van der Waals surface area contributed by atoms with Crippen molar-refractivity contribution in [2.75, 3.05) is 46.0 Å². The highest BCUT2D eigenvalue weighted by atomic mass is 16.6. The van der Waals surface area contributed by atoms with Crippen LogP contribution in [0.5, 0.6) is 0 Å². The smallest absolute Gasteiger partial charge is 0.410 e. The molecule has 0 radical (unpaired) electrons. The minimum absolute atomic E-state index is 0.0122. The molecule has 1 amide bonds. The molecule has 2 heterocycles. The summed E-state index contributed by atoms with van der Waals surface area (Å²) in [5.41, 5.74) is -0.109. The number of benzene rings is 1. The summed E-state index contributed by atoms with van der Waals surface area (Å²) < 4.78 is 21.0. The largest absolute Gasteiger partial charge is 0.466 e. The van der Waals surface area contributed by atoms with Gasteiger partial charge in [-0.25, -0.2) is 4.79 Å². The van der Waals surface area contributed by atoms with E-state index in [1.54, 1.807) is 11.8 Å². The summed E-state index contributed by atoms with van der Waals surface area (Å²) in [4.78, 5) is 49.9. The summed E-state index contributed by atoms with van der Waals surface area (Å²) in [6.45, 7) is 21.4. The first kappa shape index (κ1) is 46.0. The average molecular weight is 745 g/mol. The van der Waals surface area contributed by atoms with Crippen LogP contribution in [0.3, 0.4) is 0 Å². The van der Waals surface area contributed by atoms with Crippen molar-refractivity contribution in [2.45, 2.75) is 145 Å². The first-order valence-corrected chi connectivity index (χ1v) is 20.4. The summed E-state index contributed by atoms with van der Waals surface area (Å²) in [5.74, 6) is 0.459. The van der Waals surface area contributed by atoms with E-state index in [1.807, 2.05) is 41.5 Å². The molecule has 0 bridgehead atoms.